The summed E-state index contributed by atoms with van der Waals surface area (Å²) in [5.74, 6) is -0.0934. The van der Waals surface area contributed by atoms with Gasteiger partial charge in [0.2, 0.25) is 11.8 Å². The van der Waals surface area contributed by atoms with Gasteiger partial charge >= 0.3 is 0 Å². The molecule has 1 aliphatic heterocycles. The van der Waals surface area contributed by atoms with Crippen LogP contribution in [0.2, 0.25) is 5.02 Å². The number of alkyl halides is 2. The Morgan fingerprint density at radius 2 is 1.59 bits per heavy atom. The van der Waals surface area contributed by atoms with Crippen LogP contribution in [0.5, 0.6) is 0 Å². The number of imide groups is 1. The molecule has 0 unspecified atom stereocenters. The van der Waals surface area contributed by atoms with Crippen molar-refractivity contribution < 1.29 is 9.59 Å². The number of carbonyl (C=O) groups is 2. The Hall–Kier alpha value is 0.0900. The fraction of sp³-hybridized carbons (Fsp3) is 0.467. The van der Waals surface area contributed by atoms with E-state index in [-0.39, 0.29) is 45.1 Å². The monoisotopic (exact) mass is 509 g/mol. The average Bonchev–Trinajstić information content (AvgIpc) is 3.08. The number of benzene rings is 1. The number of carbonyl (C=O) groups excluding carboxylic acids is 2. The highest BCUT2D eigenvalue weighted by Gasteiger charge is 2.66. The molecule has 0 radical (unpaired) electrons. The molecule has 3 nitrogen and oxygen atoms in total. The van der Waals surface area contributed by atoms with Crippen LogP contribution in [0.4, 0.5) is 5.69 Å². The van der Waals surface area contributed by atoms with E-state index in [9.17, 15) is 9.59 Å². The van der Waals surface area contributed by atoms with Gasteiger partial charge in [-0.25, -0.2) is 4.90 Å². The van der Waals surface area contributed by atoms with Crippen LogP contribution in [0.25, 0.3) is 0 Å². The molecule has 1 aromatic carbocycles. The molecule has 22 heavy (non-hydrogen) atoms. The van der Waals surface area contributed by atoms with E-state index in [0.29, 0.717) is 10.7 Å². The van der Waals surface area contributed by atoms with E-state index in [2.05, 4.69) is 47.8 Å². The number of nitrogens with zero attached hydrogens (tertiary/aromatic N) is 1. The molecule has 4 rings (SSSR count). The van der Waals surface area contributed by atoms with Gasteiger partial charge in [-0.05, 0) is 52.4 Å². The fourth-order valence-electron chi connectivity index (χ4n) is 4.23. The summed E-state index contributed by atoms with van der Waals surface area (Å²) in [4.78, 5) is 27.5. The Morgan fingerprint density at radius 1 is 1.05 bits per heavy atom. The molecule has 1 saturated heterocycles. The van der Waals surface area contributed by atoms with Crippen molar-refractivity contribution in [3.05, 3.63) is 27.7 Å². The van der Waals surface area contributed by atoms with E-state index in [0.717, 1.165) is 10.9 Å². The highest BCUT2D eigenvalue weighted by atomic mass is 79.9. The largest absolute Gasteiger partial charge is 0.274 e. The van der Waals surface area contributed by atoms with Gasteiger partial charge in [0.25, 0.3) is 0 Å². The maximum absolute atomic E-state index is 12.9. The highest BCUT2D eigenvalue weighted by molar-refractivity contribution is 9.12. The molecule has 3 fully saturated rings. The van der Waals surface area contributed by atoms with Crippen LogP contribution in [0.3, 0.4) is 0 Å². The molecule has 1 heterocycles. The molecule has 3 aliphatic rings. The van der Waals surface area contributed by atoms with Gasteiger partial charge < -0.3 is 0 Å². The maximum Gasteiger partial charge on any atom is 0.238 e. The van der Waals surface area contributed by atoms with Crippen molar-refractivity contribution in [1.29, 1.82) is 0 Å². The van der Waals surface area contributed by atoms with Crippen molar-refractivity contribution in [3.8, 4) is 0 Å². The van der Waals surface area contributed by atoms with Crippen LogP contribution in [-0.2, 0) is 9.59 Å². The van der Waals surface area contributed by atoms with Gasteiger partial charge in [0.1, 0.15) is 0 Å². The zero-order valence-corrected chi connectivity index (χ0v) is 16.7. The Kier molecular flexibility index (Phi) is 3.76. The normalized spacial score (nSPS) is 39.7. The van der Waals surface area contributed by atoms with Crippen molar-refractivity contribution in [2.24, 2.45) is 23.7 Å². The molecular formula is C15H11Br3ClNO2. The van der Waals surface area contributed by atoms with E-state index in [1.54, 1.807) is 18.2 Å². The summed E-state index contributed by atoms with van der Waals surface area (Å²) in [6.07, 6.45) is 0.938. The lowest BCUT2D eigenvalue weighted by Crippen LogP contribution is -2.37. The molecule has 116 valence electrons. The summed E-state index contributed by atoms with van der Waals surface area (Å²) in [7, 11) is 0. The van der Waals surface area contributed by atoms with E-state index in [1.807, 2.05) is 0 Å². The molecule has 0 spiro atoms. The Balaban J connectivity index is 1.74. The van der Waals surface area contributed by atoms with Crippen LogP contribution >= 0.6 is 59.4 Å². The van der Waals surface area contributed by atoms with E-state index < -0.39 is 0 Å². The predicted molar refractivity (Wildman–Crippen MR) is 95.7 cm³/mol. The van der Waals surface area contributed by atoms with Gasteiger partial charge in [-0.2, -0.15) is 0 Å². The molecule has 1 aromatic rings. The molecule has 2 saturated carbocycles. The zero-order valence-electron chi connectivity index (χ0n) is 11.2. The second kappa shape index (κ2) is 5.30. The standard InChI is InChI=1S/C15H11Br3ClNO2/c16-8-2-1-5(3-9(8)19)20-14(21)10-6-4-7(11(10)15(20)22)13(18)12(6)17/h1-3,6-7,10-13H,4H2/t6-,7-,10-,11+,12-,13+/m0/s1. The van der Waals surface area contributed by atoms with Gasteiger partial charge in [-0.1, -0.05) is 43.5 Å². The fourth-order valence-corrected chi connectivity index (χ4v) is 6.52. The summed E-state index contributed by atoms with van der Waals surface area (Å²) >= 11 is 16.8. The Morgan fingerprint density at radius 3 is 2.09 bits per heavy atom. The van der Waals surface area contributed by atoms with E-state index in [1.165, 1.54) is 4.90 Å². The maximum atomic E-state index is 12.9. The smallest absolute Gasteiger partial charge is 0.238 e. The second-order valence-corrected chi connectivity index (χ2v) is 9.49. The van der Waals surface area contributed by atoms with Gasteiger partial charge in [0, 0.05) is 14.1 Å². The first kappa shape index (κ1) is 15.6. The number of fused-ring (bicyclic) bond motifs is 5. The number of hydrogen-bond acceptors (Lipinski definition) is 2. The molecule has 0 aromatic heterocycles. The van der Waals surface area contributed by atoms with Crippen molar-refractivity contribution in [1.82, 2.24) is 0 Å². The number of amides is 2. The Labute approximate surface area is 158 Å². The third-order valence-corrected chi connectivity index (χ3v) is 9.59. The number of rotatable bonds is 1. The van der Waals surface area contributed by atoms with E-state index in [4.69, 9.17) is 11.6 Å². The lowest BCUT2D eigenvalue weighted by atomic mass is 9.81. The number of hydrogen-bond donors (Lipinski definition) is 0. The SMILES string of the molecule is O=C1[C@@H]2[C@@H]3C[C@H]([C@H](Br)[C@@H]3Br)[C@@H]2C(=O)N1c1ccc(Br)c(Cl)c1. The van der Waals surface area contributed by atoms with Crippen molar-refractivity contribution in [2.45, 2.75) is 16.1 Å². The molecule has 2 aliphatic carbocycles. The first-order valence-corrected chi connectivity index (χ1v) is 10.0. The van der Waals surface area contributed by atoms with Crippen LogP contribution < -0.4 is 4.90 Å². The molecule has 0 N–H and O–H groups in total. The quantitative estimate of drug-likeness (QED) is 0.414. The van der Waals surface area contributed by atoms with E-state index >= 15 is 0 Å². The average molecular weight is 512 g/mol. The van der Waals surface area contributed by atoms with Crippen molar-refractivity contribution in [2.75, 3.05) is 4.90 Å². The molecule has 6 atom stereocenters. The van der Waals surface area contributed by atoms with Crippen LogP contribution in [0.1, 0.15) is 6.42 Å². The van der Waals surface area contributed by atoms with Gasteiger partial charge in [0.15, 0.2) is 0 Å². The third-order valence-electron chi connectivity index (χ3n) is 5.15. The van der Waals surface area contributed by atoms with Crippen molar-refractivity contribution in [3.63, 3.8) is 0 Å². The highest BCUT2D eigenvalue weighted by Crippen LogP contribution is 2.60. The van der Waals surface area contributed by atoms with Crippen LogP contribution in [0, 0.1) is 23.7 Å². The molecular weight excluding hydrogens is 501 g/mol. The summed E-state index contributed by atoms with van der Waals surface area (Å²) < 4.78 is 0.748. The summed E-state index contributed by atoms with van der Waals surface area (Å²) in [6.45, 7) is 0. The Bertz CT molecular complexity index is 665. The molecule has 7 heteroatoms. The second-order valence-electron chi connectivity index (χ2n) is 6.11. The number of halogens is 4. The van der Waals surface area contributed by atoms with Gasteiger partial charge in [0.05, 0.1) is 22.5 Å². The van der Waals surface area contributed by atoms with Crippen molar-refractivity contribution >= 4 is 76.9 Å². The summed E-state index contributed by atoms with van der Waals surface area (Å²) in [5, 5.41) is 0.495. The van der Waals surface area contributed by atoms with Gasteiger partial charge in [-0.3, -0.25) is 9.59 Å². The minimum absolute atomic E-state index is 0.0789. The first-order chi connectivity index (χ1) is 10.4. The topological polar surface area (TPSA) is 37.4 Å². The third kappa shape index (κ3) is 1.96. The number of anilines is 1. The molecule has 2 amide bonds. The van der Waals surface area contributed by atoms with Crippen LogP contribution in [-0.4, -0.2) is 21.5 Å². The summed E-state index contributed by atoms with van der Waals surface area (Å²) in [6, 6.07) is 5.19. The lowest BCUT2D eigenvalue weighted by molar-refractivity contribution is -0.123. The zero-order chi connectivity index (χ0) is 15.8. The minimum atomic E-state index is -0.196. The molecule has 2 bridgehead atoms. The first-order valence-electron chi connectivity index (χ1n) is 7.03. The summed E-state index contributed by atoms with van der Waals surface area (Å²) in [5.41, 5.74) is 0.564. The van der Waals surface area contributed by atoms with Crippen LogP contribution in [0.15, 0.2) is 22.7 Å². The minimum Gasteiger partial charge on any atom is -0.274 e. The lowest BCUT2D eigenvalue weighted by Gasteiger charge is -2.28. The van der Waals surface area contributed by atoms with Gasteiger partial charge in [-0.15, -0.1) is 0 Å². The predicted octanol–water partition coefficient (Wildman–Crippen LogP) is 4.38.